The molecular weight excluding hydrogens is 376 g/mol. The summed E-state index contributed by atoms with van der Waals surface area (Å²) in [6, 6.07) is 3.72. The third kappa shape index (κ3) is 2.92. The van der Waals surface area contributed by atoms with Crippen LogP contribution in [0.3, 0.4) is 0 Å². The van der Waals surface area contributed by atoms with E-state index in [1.807, 2.05) is 0 Å². The standard InChI is InChI=1S/C16H18N4O6S/c1-18-14(21)9-20(16(18)23)10-4-6-19(7-5-10)27(24,25)11-2-3-13-12(8-11)17-15(22)26-13/h2-3,8,10H,4-7,9H2,1H3,(H,17,22). The molecule has 0 saturated carbocycles. The molecule has 0 atom stereocenters. The number of urea groups is 1. The lowest BCUT2D eigenvalue weighted by atomic mass is 10.1. The average Bonchev–Trinajstić information content (AvgIpc) is 3.15. The third-order valence-corrected chi connectivity index (χ3v) is 7.00. The molecule has 1 N–H and O–H groups in total. The van der Waals surface area contributed by atoms with Crippen LogP contribution in [0.1, 0.15) is 12.8 Å². The number of aromatic nitrogens is 1. The van der Waals surface area contributed by atoms with Crippen molar-refractivity contribution in [2.24, 2.45) is 0 Å². The van der Waals surface area contributed by atoms with Crippen LogP contribution in [0.25, 0.3) is 11.1 Å². The largest absolute Gasteiger partial charge is 0.417 e. The first-order valence-corrected chi connectivity index (χ1v) is 9.91. The molecule has 2 aromatic rings. The summed E-state index contributed by atoms with van der Waals surface area (Å²) in [6.45, 7) is 0.528. The third-order valence-electron chi connectivity index (χ3n) is 5.10. The number of hydrogen-bond acceptors (Lipinski definition) is 6. The van der Waals surface area contributed by atoms with Gasteiger partial charge in [0, 0.05) is 26.2 Å². The highest BCUT2D eigenvalue weighted by Gasteiger charge is 2.40. The Balaban J connectivity index is 1.50. The highest BCUT2D eigenvalue weighted by molar-refractivity contribution is 7.89. The van der Waals surface area contributed by atoms with Crippen molar-refractivity contribution in [3.05, 3.63) is 28.7 Å². The second-order valence-electron chi connectivity index (χ2n) is 6.67. The Morgan fingerprint density at radius 3 is 2.48 bits per heavy atom. The molecule has 1 aromatic carbocycles. The predicted octanol–water partition coefficient (Wildman–Crippen LogP) is 0.168. The van der Waals surface area contributed by atoms with Gasteiger partial charge in [0.05, 0.1) is 10.4 Å². The summed E-state index contributed by atoms with van der Waals surface area (Å²) in [4.78, 5) is 40.1. The molecule has 144 valence electrons. The molecule has 0 unspecified atom stereocenters. The number of likely N-dealkylation sites (N-methyl/N-ethyl adjacent to an activating group) is 1. The normalized spacial score (nSPS) is 20.2. The molecule has 10 nitrogen and oxygen atoms in total. The first kappa shape index (κ1) is 17.7. The number of nitrogens with one attached hydrogen (secondary N) is 1. The van der Waals surface area contributed by atoms with Crippen molar-refractivity contribution in [3.63, 3.8) is 0 Å². The molecular formula is C16H18N4O6S. The fourth-order valence-electron chi connectivity index (χ4n) is 3.54. The van der Waals surface area contributed by atoms with Gasteiger partial charge in [-0.25, -0.2) is 18.0 Å². The SMILES string of the molecule is CN1C(=O)CN(C2CCN(S(=O)(=O)c3ccc4oc(=O)[nH]c4c3)CC2)C1=O. The maximum absolute atomic E-state index is 12.9. The number of carbonyl (C=O) groups is 2. The van der Waals surface area contributed by atoms with Crippen LogP contribution in [-0.2, 0) is 14.8 Å². The van der Waals surface area contributed by atoms with Gasteiger partial charge < -0.3 is 9.32 Å². The van der Waals surface area contributed by atoms with Crippen LogP contribution in [0.15, 0.2) is 32.3 Å². The van der Waals surface area contributed by atoms with E-state index in [1.54, 1.807) is 0 Å². The zero-order chi connectivity index (χ0) is 19.3. The molecule has 11 heteroatoms. The van der Waals surface area contributed by atoms with E-state index in [0.717, 1.165) is 4.90 Å². The minimum absolute atomic E-state index is 0.0390. The van der Waals surface area contributed by atoms with E-state index in [1.165, 1.54) is 34.5 Å². The van der Waals surface area contributed by atoms with Crippen LogP contribution in [0.4, 0.5) is 4.79 Å². The van der Waals surface area contributed by atoms with Gasteiger partial charge in [-0.15, -0.1) is 0 Å². The van der Waals surface area contributed by atoms with Gasteiger partial charge in [-0.3, -0.25) is 14.7 Å². The van der Waals surface area contributed by atoms with E-state index in [-0.39, 0.29) is 42.5 Å². The second-order valence-corrected chi connectivity index (χ2v) is 8.61. The molecule has 0 bridgehead atoms. The van der Waals surface area contributed by atoms with Gasteiger partial charge in [-0.1, -0.05) is 0 Å². The minimum atomic E-state index is -3.74. The molecule has 0 radical (unpaired) electrons. The van der Waals surface area contributed by atoms with Gasteiger partial charge in [0.25, 0.3) is 0 Å². The number of hydrogen-bond donors (Lipinski definition) is 1. The summed E-state index contributed by atoms with van der Waals surface area (Å²) in [7, 11) is -2.29. The quantitative estimate of drug-likeness (QED) is 0.740. The number of sulfonamides is 1. The summed E-state index contributed by atoms with van der Waals surface area (Å²) in [5.74, 6) is -0.896. The maximum Gasteiger partial charge on any atom is 0.417 e. The van der Waals surface area contributed by atoms with Crippen molar-refractivity contribution >= 4 is 33.1 Å². The van der Waals surface area contributed by atoms with E-state index in [9.17, 15) is 22.8 Å². The molecule has 2 aliphatic heterocycles. The first-order chi connectivity index (χ1) is 12.8. The van der Waals surface area contributed by atoms with E-state index in [2.05, 4.69) is 4.98 Å². The van der Waals surface area contributed by atoms with E-state index < -0.39 is 15.8 Å². The summed E-state index contributed by atoms with van der Waals surface area (Å²) in [5, 5.41) is 0. The van der Waals surface area contributed by atoms with Crippen LogP contribution in [0, 0.1) is 0 Å². The lowest BCUT2D eigenvalue weighted by molar-refractivity contribution is -0.124. The van der Waals surface area contributed by atoms with Gasteiger partial charge in [0.15, 0.2) is 5.58 Å². The average molecular weight is 394 g/mol. The maximum atomic E-state index is 12.9. The van der Waals surface area contributed by atoms with Gasteiger partial charge in [0.1, 0.15) is 6.54 Å². The molecule has 2 saturated heterocycles. The molecule has 27 heavy (non-hydrogen) atoms. The fourth-order valence-corrected chi connectivity index (χ4v) is 5.04. The van der Waals surface area contributed by atoms with Crippen LogP contribution in [0.2, 0.25) is 0 Å². The Kier molecular flexibility index (Phi) is 4.07. The van der Waals surface area contributed by atoms with Crippen LogP contribution < -0.4 is 5.76 Å². The van der Waals surface area contributed by atoms with Crippen molar-refractivity contribution in [2.45, 2.75) is 23.8 Å². The van der Waals surface area contributed by atoms with Crippen molar-refractivity contribution < 1.29 is 22.4 Å². The minimum Gasteiger partial charge on any atom is -0.408 e. The van der Waals surface area contributed by atoms with E-state index >= 15 is 0 Å². The molecule has 0 aliphatic carbocycles. The summed E-state index contributed by atoms with van der Waals surface area (Å²) < 4.78 is 32.0. The molecule has 2 aliphatic rings. The Labute approximate surface area is 154 Å². The number of benzene rings is 1. The van der Waals surface area contributed by atoms with Crippen molar-refractivity contribution in [3.8, 4) is 0 Å². The highest BCUT2D eigenvalue weighted by atomic mass is 32.2. The number of oxazole rings is 1. The number of piperidine rings is 1. The summed E-state index contributed by atoms with van der Waals surface area (Å²) in [6.07, 6.45) is 0.910. The van der Waals surface area contributed by atoms with Crippen LogP contribution in [0.5, 0.6) is 0 Å². The lowest BCUT2D eigenvalue weighted by Crippen LogP contribution is -2.47. The van der Waals surface area contributed by atoms with Gasteiger partial charge in [0.2, 0.25) is 15.9 Å². The first-order valence-electron chi connectivity index (χ1n) is 8.47. The number of fused-ring (bicyclic) bond motifs is 1. The molecule has 3 heterocycles. The lowest BCUT2D eigenvalue weighted by Gasteiger charge is -2.35. The van der Waals surface area contributed by atoms with Gasteiger partial charge >= 0.3 is 11.8 Å². The number of imide groups is 1. The molecule has 3 amide bonds. The van der Waals surface area contributed by atoms with Gasteiger partial charge in [-0.05, 0) is 31.0 Å². The predicted molar refractivity (Wildman–Crippen MR) is 93.5 cm³/mol. The molecule has 2 fully saturated rings. The summed E-state index contributed by atoms with van der Waals surface area (Å²) in [5.41, 5.74) is 0.610. The fraction of sp³-hybridized carbons (Fsp3) is 0.438. The Morgan fingerprint density at radius 1 is 1.15 bits per heavy atom. The van der Waals surface area contributed by atoms with Crippen LogP contribution >= 0.6 is 0 Å². The second kappa shape index (κ2) is 6.20. The number of carbonyl (C=O) groups excluding carboxylic acids is 2. The van der Waals surface area contributed by atoms with Crippen molar-refractivity contribution in [1.29, 1.82) is 0 Å². The smallest absolute Gasteiger partial charge is 0.408 e. The number of H-pyrrole nitrogens is 1. The Morgan fingerprint density at radius 2 is 1.85 bits per heavy atom. The molecule has 1 aromatic heterocycles. The van der Waals surface area contributed by atoms with Crippen molar-refractivity contribution in [2.75, 3.05) is 26.7 Å². The topological polar surface area (TPSA) is 124 Å². The number of amides is 3. The van der Waals surface area contributed by atoms with Crippen molar-refractivity contribution in [1.82, 2.24) is 19.1 Å². The van der Waals surface area contributed by atoms with E-state index in [4.69, 9.17) is 4.42 Å². The van der Waals surface area contributed by atoms with Gasteiger partial charge in [-0.2, -0.15) is 4.31 Å². The van der Waals surface area contributed by atoms with Crippen LogP contribution in [-0.4, -0.2) is 72.2 Å². The summed E-state index contributed by atoms with van der Waals surface area (Å²) >= 11 is 0. The number of aromatic amines is 1. The number of rotatable bonds is 3. The monoisotopic (exact) mass is 394 g/mol. The Hall–Kier alpha value is -2.66. The zero-order valence-corrected chi connectivity index (χ0v) is 15.4. The zero-order valence-electron chi connectivity index (χ0n) is 14.5. The van der Waals surface area contributed by atoms with E-state index in [0.29, 0.717) is 23.9 Å². The molecule has 4 rings (SSSR count). The molecule has 0 spiro atoms. The number of nitrogens with zero attached hydrogens (tertiary/aromatic N) is 3. The Bertz CT molecular complexity index is 1080. The highest BCUT2D eigenvalue weighted by Crippen LogP contribution is 2.26.